The van der Waals surface area contributed by atoms with Crippen molar-refractivity contribution < 1.29 is 18.0 Å². The lowest BCUT2D eigenvalue weighted by molar-refractivity contribution is -0.135. The first-order valence-corrected chi connectivity index (χ1v) is 8.42. The minimum atomic E-state index is -4.72. The van der Waals surface area contributed by atoms with Crippen LogP contribution in [0.3, 0.4) is 0 Å². The van der Waals surface area contributed by atoms with E-state index in [2.05, 4.69) is 36.3 Å². The number of allylic oxidation sites excluding steroid dienone is 1. The molecule has 2 aromatic heterocycles. The van der Waals surface area contributed by atoms with Crippen LogP contribution in [0.1, 0.15) is 5.82 Å². The molecular formula is C16H10BrF3N6O. The lowest BCUT2D eigenvalue weighted by Crippen LogP contribution is -2.44. The van der Waals surface area contributed by atoms with Gasteiger partial charge in [-0.1, -0.05) is 30.3 Å². The average Bonchev–Trinajstić information content (AvgIpc) is 3.01. The van der Waals surface area contributed by atoms with Gasteiger partial charge < -0.3 is 11.1 Å². The monoisotopic (exact) mass is 438 g/mol. The Bertz CT molecular complexity index is 1110. The van der Waals surface area contributed by atoms with E-state index in [0.717, 1.165) is 5.56 Å². The van der Waals surface area contributed by atoms with E-state index < -0.39 is 17.7 Å². The summed E-state index contributed by atoms with van der Waals surface area (Å²) in [6, 6.07) is 9.20. The largest absolute Gasteiger partial charge is 0.423 e. The summed E-state index contributed by atoms with van der Waals surface area (Å²) in [6.45, 7) is 0. The number of halogens is 4. The van der Waals surface area contributed by atoms with Crippen LogP contribution in [0.5, 0.6) is 0 Å². The third kappa shape index (κ3) is 2.93. The molecule has 3 heterocycles. The first-order chi connectivity index (χ1) is 12.8. The Morgan fingerprint density at radius 1 is 1.19 bits per heavy atom. The van der Waals surface area contributed by atoms with E-state index in [9.17, 15) is 18.0 Å². The maximum atomic E-state index is 12.9. The summed E-state index contributed by atoms with van der Waals surface area (Å²) in [6.07, 6.45) is -5.01. The first kappa shape index (κ1) is 17.5. The van der Waals surface area contributed by atoms with Crippen molar-refractivity contribution in [3.8, 4) is 11.3 Å². The molecule has 27 heavy (non-hydrogen) atoms. The van der Waals surface area contributed by atoms with Gasteiger partial charge in [-0.05, 0) is 15.9 Å². The number of hydrogen-bond donors (Lipinski definition) is 2. The number of nitrogens with zero attached hydrogens (tertiary/aromatic N) is 4. The van der Waals surface area contributed by atoms with Crippen molar-refractivity contribution in [2.45, 2.75) is 12.6 Å². The van der Waals surface area contributed by atoms with E-state index in [4.69, 9.17) is 5.73 Å². The number of aromatic nitrogens is 4. The van der Waals surface area contributed by atoms with Gasteiger partial charge >= 0.3 is 6.18 Å². The van der Waals surface area contributed by atoms with Gasteiger partial charge in [0.2, 0.25) is 5.95 Å². The average molecular weight is 439 g/mol. The molecule has 3 N–H and O–H groups in total. The zero-order chi connectivity index (χ0) is 19.3. The van der Waals surface area contributed by atoms with E-state index in [1.54, 1.807) is 0 Å². The zero-order valence-corrected chi connectivity index (χ0v) is 15.0. The number of anilines is 1. The molecular weight excluding hydrogens is 429 g/mol. The quantitative estimate of drug-likeness (QED) is 0.654. The van der Waals surface area contributed by atoms with Crippen LogP contribution in [-0.2, 0) is 11.2 Å². The molecule has 138 valence electrons. The number of nitrogens with one attached hydrogen (secondary N) is 1. The van der Waals surface area contributed by atoms with Crippen molar-refractivity contribution in [3.63, 3.8) is 0 Å². The van der Waals surface area contributed by atoms with Crippen molar-refractivity contribution in [2.75, 3.05) is 5.73 Å². The molecule has 0 saturated carbocycles. The Kier molecular flexibility index (Phi) is 3.91. The Balaban J connectivity index is 1.78. The van der Waals surface area contributed by atoms with E-state index in [-0.39, 0.29) is 23.9 Å². The Hall–Kier alpha value is -2.95. The maximum Gasteiger partial charge on any atom is 0.423 e. The van der Waals surface area contributed by atoms with E-state index >= 15 is 0 Å². The van der Waals surface area contributed by atoms with Gasteiger partial charge in [-0.3, -0.25) is 4.79 Å². The Morgan fingerprint density at radius 2 is 1.89 bits per heavy atom. The predicted molar refractivity (Wildman–Crippen MR) is 93.3 cm³/mol. The van der Waals surface area contributed by atoms with E-state index in [1.165, 1.54) is 4.52 Å². The smallest absolute Gasteiger partial charge is 0.368 e. The standard InChI is InChI=1S/C16H10BrF3N6O/c17-11-12(7-4-2-1-3-5-7)24-15(21)26-13(11)23-9(25-26)6-8-10(14(27)22-8)16(18,19)20/h1-5H,6H2,(H2,21,24)(H,22,27). The summed E-state index contributed by atoms with van der Waals surface area (Å²) < 4.78 is 40.4. The molecule has 0 radical (unpaired) electrons. The van der Waals surface area contributed by atoms with Crippen LogP contribution in [0.25, 0.3) is 16.9 Å². The Labute approximate surface area is 158 Å². The second-order valence-electron chi connectivity index (χ2n) is 5.74. The SMILES string of the molecule is Nc1nc(-c2ccccc2)c(Br)c2nc(CC3=C(C(F)(F)F)C(=O)N3)nn12. The van der Waals surface area contributed by atoms with Crippen LogP contribution in [0.2, 0.25) is 0 Å². The Morgan fingerprint density at radius 3 is 2.52 bits per heavy atom. The highest BCUT2D eigenvalue weighted by Crippen LogP contribution is 2.34. The minimum Gasteiger partial charge on any atom is -0.368 e. The summed E-state index contributed by atoms with van der Waals surface area (Å²) in [4.78, 5) is 19.7. The molecule has 1 aromatic carbocycles. The minimum absolute atomic E-state index is 0.0356. The fourth-order valence-electron chi connectivity index (χ4n) is 2.76. The summed E-state index contributed by atoms with van der Waals surface area (Å²) >= 11 is 3.41. The van der Waals surface area contributed by atoms with Crippen LogP contribution in [0.15, 0.2) is 46.1 Å². The van der Waals surface area contributed by atoms with E-state index in [0.29, 0.717) is 15.8 Å². The molecule has 0 atom stereocenters. The topological polar surface area (TPSA) is 98.2 Å². The molecule has 3 aromatic rings. The number of carbonyl (C=O) groups is 1. The summed E-state index contributed by atoms with van der Waals surface area (Å²) in [5.74, 6) is -1.05. The molecule has 1 amide bonds. The molecule has 4 rings (SSSR count). The summed E-state index contributed by atoms with van der Waals surface area (Å²) in [7, 11) is 0. The van der Waals surface area contributed by atoms with Crippen molar-refractivity contribution in [3.05, 3.63) is 51.9 Å². The molecule has 0 spiro atoms. The van der Waals surface area contributed by atoms with Crippen LogP contribution >= 0.6 is 15.9 Å². The molecule has 0 fully saturated rings. The number of nitrogens with two attached hydrogens (primary N) is 1. The highest BCUT2D eigenvalue weighted by atomic mass is 79.9. The predicted octanol–water partition coefficient (Wildman–Crippen LogP) is 2.62. The van der Waals surface area contributed by atoms with Gasteiger partial charge in [-0.15, -0.1) is 5.10 Å². The molecule has 1 aliphatic heterocycles. The van der Waals surface area contributed by atoms with Gasteiger partial charge in [0.1, 0.15) is 5.57 Å². The number of amides is 1. The highest BCUT2D eigenvalue weighted by molar-refractivity contribution is 9.10. The third-order valence-corrected chi connectivity index (χ3v) is 4.69. The summed E-state index contributed by atoms with van der Waals surface area (Å²) in [5, 5.41) is 6.24. The molecule has 0 aliphatic carbocycles. The van der Waals surface area contributed by atoms with Crippen molar-refractivity contribution in [2.24, 2.45) is 0 Å². The van der Waals surface area contributed by atoms with Crippen LogP contribution < -0.4 is 11.1 Å². The molecule has 7 nitrogen and oxygen atoms in total. The fourth-order valence-corrected chi connectivity index (χ4v) is 3.34. The van der Waals surface area contributed by atoms with Gasteiger partial charge in [-0.2, -0.15) is 17.7 Å². The number of hydrogen-bond acceptors (Lipinski definition) is 5. The van der Waals surface area contributed by atoms with Crippen LogP contribution in [0.4, 0.5) is 19.1 Å². The lowest BCUT2D eigenvalue weighted by Gasteiger charge is -2.24. The highest BCUT2D eigenvalue weighted by Gasteiger charge is 2.47. The molecule has 0 bridgehead atoms. The number of nitrogen functional groups attached to an aromatic ring is 1. The first-order valence-electron chi connectivity index (χ1n) is 7.63. The molecule has 0 saturated heterocycles. The third-order valence-electron chi connectivity index (χ3n) is 3.96. The number of alkyl halides is 3. The van der Waals surface area contributed by atoms with Crippen molar-refractivity contribution >= 4 is 33.4 Å². The number of benzene rings is 1. The van der Waals surface area contributed by atoms with Gasteiger partial charge in [0.15, 0.2) is 11.5 Å². The van der Waals surface area contributed by atoms with E-state index in [1.807, 2.05) is 30.3 Å². The molecule has 0 unspecified atom stereocenters. The van der Waals surface area contributed by atoms with Gasteiger partial charge in [0.25, 0.3) is 5.91 Å². The second-order valence-corrected chi connectivity index (χ2v) is 6.54. The summed E-state index contributed by atoms with van der Waals surface area (Å²) in [5.41, 5.74) is 6.10. The zero-order valence-electron chi connectivity index (χ0n) is 13.4. The van der Waals surface area contributed by atoms with Crippen LogP contribution in [0, 0.1) is 0 Å². The molecule has 1 aliphatic rings. The van der Waals surface area contributed by atoms with Gasteiger partial charge in [0.05, 0.1) is 16.6 Å². The molecule has 11 heteroatoms. The van der Waals surface area contributed by atoms with Gasteiger partial charge in [0, 0.05) is 11.3 Å². The number of fused-ring (bicyclic) bond motifs is 1. The van der Waals surface area contributed by atoms with Crippen molar-refractivity contribution in [1.29, 1.82) is 0 Å². The fraction of sp³-hybridized carbons (Fsp3) is 0.125. The van der Waals surface area contributed by atoms with Crippen LogP contribution in [-0.4, -0.2) is 31.7 Å². The van der Waals surface area contributed by atoms with Crippen molar-refractivity contribution in [1.82, 2.24) is 24.9 Å². The van der Waals surface area contributed by atoms with Gasteiger partial charge in [-0.25, -0.2) is 9.97 Å². The number of rotatable bonds is 3. The second kappa shape index (κ2) is 6.05. The normalized spacial score (nSPS) is 14.4. The maximum absolute atomic E-state index is 12.9. The number of carbonyl (C=O) groups excluding carboxylic acids is 1. The lowest BCUT2D eigenvalue weighted by atomic mass is 10.0.